The lowest BCUT2D eigenvalue weighted by Crippen LogP contribution is -2.33. The van der Waals surface area contributed by atoms with E-state index >= 15 is 0 Å². The molecule has 0 aromatic heterocycles. The first kappa shape index (κ1) is 13.9. The Kier molecular flexibility index (Phi) is 4.80. The number of nitrogens with zero attached hydrogens (tertiary/aromatic N) is 1. The summed E-state index contributed by atoms with van der Waals surface area (Å²) in [5, 5.41) is 9.54. The van der Waals surface area contributed by atoms with Crippen LogP contribution >= 0.6 is 0 Å². The lowest BCUT2D eigenvalue weighted by atomic mass is 10.1. The summed E-state index contributed by atoms with van der Waals surface area (Å²) in [6, 6.07) is 7.36. The fraction of sp³-hybridized carbons (Fsp3) is 0.533. The maximum absolute atomic E-state index is 12.4. The monoisotopic (exact) mass is 263 g/mol. The van der Waals surface area contributed by atoms with Gasteiger partial charge < -0.3 is 14.7 Å². The van der Waals surface area contributed by atoms with Crippen LogP contribution in [0.3, 0.4) is 0 Å². The second kappa shape index (κ2) is 6.57. The van der Waals surface area contributed by atoms with E-state index in [9.17, 15) is 9.90 Å². The minimum absolute atomic E-state index is 0.0269. The van der Waals surface area contributed by atoms with E-state index in [1.165, 1.54) is 0 Å². The maximum atomic E-state index is 12.4. The molecule has 2 rings (SSSR count). The number of amides is 1. The van der Waals surface area contributed by atoms with Crippen LogP contribution in [0.5, 0.6) is 5.75 Å². The number of rotatable bonds is 5. The van der Waals surface area contributed by atoms with Crippen LogP contribution in [0.1, 0.15) is 36.5 Å². The molecule has 1 unspecified atom stereocenters. The van der Waals surface area contributed by atoms with Crippen molar-refractivity contribution in [3.63, 3.8) is 0 Å². The maximum Gasteiger partial charge on any atom is 0.257 e. The first-order valence-electron chi connectivity index (χ1n) is 6.91. The normalized spacial score (nSPS) is 16.5. The van der Waals surface area contributed by atoms with Crippen molar-refractivity contribution in [2.75, 3.05) is 19.7 Å². The Morgan fingerprint density at radius 1 is 1.42 bits per heavy atom. The Balaban J connectivity index is 1.97. The van der Waals surface area contributed by atoms with Crippen molar-refractivity contribution in [1.82, 2.24) is 4.90 Å². The number of hydrogen-bond acceptors (Lipinski definition) is 3. The number of benzene rings is 1. The van der Waals surface area contributed by atoms with Gasteiger partial charge in [-0.1, -0.05) is 19.1 Å². The van der Waals surface area contributed by atoms with Gasteiger partial charge in [-0.2, -0.15) is 0 Å². The fourth-order valence-corrected chi connectivity index (χ4v) is 2.24. The highest BCUT2D eigenvalue weighted by Crippen LogP contribution is 2.22. The Morgan fingerprint density at radius 2 is 2.21 bits per heavy atom. The fourth-order valence-electron chi connectivity index (χ4n) is 2.24. The van der Waals surface area contributed by atoms with Crippen LogP contribution in [0, 0.1) is 0 Å². The molecule has 1 heterocycles. The highest BCUT2D eigenvalue weighted by atomic mass is 16.5. The van der Waals surface area contributed by atoms with Crippen LogP contribution in [0.2, 0.25) is 0 Å². The van der Waals surface area contributed by atoms with E-state index in [0.717, 1.165) is 19.3 Å². The molecule has 0 aliphatic carbocycles. The zero-order valence-corrected chi connectivity index (χ0v) is 11.3. The molecule has 1 aromatic carbocycles. The van der Waals surface area contributed by atoms with Gasteiger partial charge in [-0.05, 0) is 31.4 Å². The van der Waals surface area contributed by atoms with Gasteiger partial charge in [0.05, 0.1) is 18.2 Å². The van der Waals surface area contributed by atoms with Gasteiger partial charge in [-0.25, -0.2) is 0 Å². The van der Waals surface area contributed by atoms with Gasteiger partial charge in [0.2, 0.25) is 0 Å². The molecule has 1 aromatic rings. The molecule has 0 radical (unpaired) electrons. The van der Waals surface area contributed by atoms with Gasteiger partial charge in [-0.15, -0.1) is 0 Å². The molecule has 0 bridgehead atoms. The van der Waals surface area contributed by atoms with Gasteiger partial charge in [0.1, 0.15) is 12.4 Å². The number of hydrogen-bond donors (Lipinski definition) is 1. The van der Waals surface area contributed by atoms with Crippen LogP contribution in [0.4, 0.5) is 0 Å². The van der Waals surface area contributed by atoms with Gasteiger partial charge >= 0.3 is 0 Å². The predicted octanol–water partition coefficient (Wildman–Crippen LogP) is 2.07. The van der Waals surface area contributed by atoms with Crippen LogP contribution in [-0.4, -0.2) is 41.7 Å². The third-order valence-corrected chi connectivity index (χ3v) is 3.46. The Morgan fingerprint density at radius 3 is 3.00 bits per heavy atom. The van der Waals surface area contributed by atoms with Gasteiger partial charge in [-0.3, -0.25) is 4.79 Å². The molecule has 0 fully saturated rings. The molecule has 0 saturated carbocycles. The number of aliphatic hydroxyl groups excluding tert-OH is 1. The lowest BCUT2D eigenvalue weighted by Gasteiger charge is -2.20. The van der Waals surface area contributed by atoms with Crippen molar-refractivity contribution in [2.24, 2.45) is 0 Å². The van der Waals surface area contributed by atoms with Crippen molar-refractivity contribution in [3.8, 4) is 5.75 Å². The van der Waals surface area contributed by atoms with E-state index in [1.54, 1.807) is 6.07 Å². The number of carbonyl (C=O) groups is 1. The minimum Gasteiger partial charge on any atom is -0.491 e. The van der Waals surface area contributed by atoms with Crippen LogP contribution < -0.4 is 4.74 Å². The Bertz CT molecular complexity index is 433. The highest BCUT2D eigenvalue weighted by Gasteiger charge is 2.22. The summed E-state index contributed by atoms with van der Waals surface area (Å²) in [6.45, 7) is 3.77. The smallest absolute Gasteiger partial charge is 0.257 e. The number of aliphatic hydroxyl groups is 1. The van der Waals surface area contributed by atoms with E-state index in [0.29, 0.717) is 31.0 Å². The second-order valence-electron chi connectivity index (χ2n) is 4.84. The number of ether oxygens (including phenoxy) is 1. The summed E-state index contributed by atoms with van der Waals surface area (Å²) < 4.78 is 5.59. The van der Waals surface area contributed by atoms with Crippen molar-refractivity contribution in [3.05, 3.63) is 29.8 Å². The Labute approximate surface area is 114 Å². The zero-order valence-electron chi connectivity index (χ0n) is 11.3. The molecule has 1 atom stereocenters. The number of para-hydroxylation sites is 1. The summed E-state index contributed by atoms with van der Waals surface area (Å²) in [5.41, 5.74) is 0.635. The molecular weight excluding hydrogens is 242 g/mol. The minimum atomic E-state index is -0.259. The molecule has 1 N–H and O–H groups in total. The lowest BCUT2D eigenvalue weighted by molar-refractivity contribution is 0.0739. The van der Waals surface area contributed by atoms with Crippen molar-refractivity contribution in [1.29, 1.82) is 0 Å². The Hall–Kier alpha value is -1.55. The van der Waals surface area contributed by atoms with Crippen molar-refractivity contribution in [2.45, 2.75) is 32.3 Å². The van der Waals surface area contributed by atoms with Crippen molar-refractivity contribution < 1.29 is 14.6 Å². The number of carbonyl (C=O) groups excluding carboxylic acids is 1. The average Bonchev–Trinajstić information content (AvgIpc) is 2.59. The van der Waals surface area contributed by atoms with E-state index in [-0.39, 0.29) is 12.0 Å². The van der Waals surface area contributed by atoms with Gasteiger partial charge in [0.25, 0.3) is 5.91 Å². The third-order valence-electron chi connectivity index (χ3n) is 3.46. The quantitative estimate of drug-likeness (QED) is 0.884. The molecule has 4 heteroatoms. The molecule has 0 saturated heterocycles. The van der Waals surface area contributed by atoms with Crippen LogP contribution in [0.25, 0.3) is 0 Å². The largest absolute Gasteiger partial charge is 0.491 e. The van der Waals surface area contributed by atoms with Crippen LogP contribution in [0.15, 0.2) is 24.3 Å². The zero-order chi connectivity index (χ0) is 13.7. The topological polar surface area (TPSA) is 49.8 Å². The van der Waals surface area contributed by atoms with E-state index in [4.69, 9.17) is 4.74 Å². The number of fused-ring (bicyclic) bond motifs is 1. The second-order valence-corrected chi connectivity index (χ2v) is 4.84. The molecule has 4 nitrogen and oxygen atoms in total. The average molecular weight is 263 g/mol. The van der Waals surface area contributed by atoms with E-state index < -0.39 is 0 Å². The molecule has 0 spiro atoms. The molecular formula is C15H21NO3. The molecule has 19 heavy (non-hydrogen) atoms. The SMILES string of the molecule is CCC(O)CCCN1CCOc2ccccc2C1=O. The summed E-state index contributed by atoms with van der Waals surface area (Å²) in [4.78, 5) is 14.2. The van der Waals surface area contributed by atoms with Crippen molar-refractivity contribution >= 4 is 5.91 Å². The van der Waals surface area contributed by atoms with E-state index in [2.05, 4.69) is 0 Å². The molecule has 1 aliphatic heterocycles. The molecule has 1 aliphatic rings. The van der Waals surface area contributed by atoms with Gasteiger partial charge in [0, 0.05) is 6.54 Å². The third kappa shape index (κ3) is 3.47. The van der Waals surface area contributed by atoms with Gasteiger partial charge in [0.15, 0.2) is 0 Å². The van der Waals surface area contributed by atoms with E-state index in [1.807, 2.05) is 30.0 Å². The molecule has 104 valence electrons. The van der Waals surface area contributed by atoms with Crippen LogP contribution in [-0.2, 0) is 0 Å². The predicted molar refractivity (Wildman–Crippen MR) is 73.4 cm³/mol. The summed E-state index contributed by atoms with van der Waals surface area (Å²) >= 11 is 0. The summed E-state index contributed by atoms with van der Waals surface area (Å²) in [5.74, 6) is 0.697. The standard InChI is InChI=1S/C15H21NO3/c1-2-12(17)6-5-9-16-10-11-19-14-8-4-3-7-13(14)15(16)18/h3-4,7-8,12,17H,2,5-6,9-11H2,1H3. The summed E-state index contributed by atoms with van der Waals surface area (Å²) in [7, 11) is 0. The summed E-state index contributed by atoms with van der Waals surface area (Å²) in [6.07, 6.45) is 2.07. The highest BCUT2D eigenvalue weighted by molar-refractivity contribution is 5.97. The first-order valence-corrected chi connectivity index (χ1v) is 6.91. The first-order chi connectivity index (χ1) is 9.22. The molecule has 1 amide bonds.